The molecule has 1 aromatic carbocycles. The maximum atomic E-state index is 11.5. The minimum Gasteiger partial charge on any atom is -0.359 e. The van der Waals surface area contributed by atoms with Crippen molar-refractivity contribution in [2.45, 2.75) is 0 Å². The average Bonchev–Trinajstić information content (AvgIpc) is 2.60. The van der Waals surface area contributed by atoms with Crippen molar-refractivity contribution in [1.82, 2.24) is 5.16 Å². The first-order valence-electron chi connectivity index (χ1n) is 4.63. The fraction of sp³-hybridized carbons (Fsp3) is 0.200. The fourth-order valence-corrected chi connectivity index (χ4v) is 1.77. The van der Waals surface area contributed by atoms with E-state index in [0.717, 1.165) is 5.56 Å². The van der Waals surface area contributed by atoms with Crippen LogP contribution in [0.1, 0.15) is 0 Å². The van der Waals surface area contributed by atoms with E-state index < -0.39 is 0 Å². The van der Waals surface area contributed by atoms with Gasteiger partial charge in [-0.3, -0.25) is 4.63 Å². The third kappa shape index (κ3) is 2.11. The van der Waals surface area contributed by atoms with Gasteiger partial charge in [0.1, 0.15) is 0 Å². The second-order valence-corrected chi connectivity index (χ2v) is 5.06. The van der Waals surface area contributed by atoms with Crippen molar-refractivity contribution >= 4 is 16.5 Å². The molecule has 0 radical (unpaired) electrons. The molecule has 84 valence electrons. The Labute approximate surface area is 95.3 Å². The van der Waals surface area contributed by atoms with Crippen LogP contribution in [-0.4, -0.2) is 17.7 Å². The largest absolute Gasteiger partial charge is 0.359 e. The van der Waals surface area contributed by atoms with Crippen LogP contribution in [0.4, 0.5) is 5.82 Å². The Morgan fingerprint density at radius 2 is 2.00 bits per heavy atom. The van der Waals surface area contributed by atoms with Crippen LogP contribution < -0.4 is 4.90 Å². The Morgan fingerprint density at radius 1 is 1.31 bits per heavy atom. The SMILES string of the molecule is CS(C)=Nc1no[n+]([O-])c1-c1ccccc1. The molecule has 0 aliphatic carbocycles. The molecule has 5 nitrogen and oxygen atoms in total. The highest BCUT2D eigenvalue weighted by Crippen LogP contribution is 2.24. The topological polar surface area (TPSA) is 65.3 Å². The van der Waals surface area contributed by atoms with Crippen molar-refractivity contribution in [3.05, 3.63) is 35.5 Å². The minimum atomic E-state index is -0.187. The predicted octanol–water partition coefficient (Wildman–Crippen LogP) is 1.67. The smallest absolute Gasteiger partial charge is 0.347 e. The van der Waals surface area contributed by atoms with Gasteiger partial charge in [0, 0.05) is 5.56 Å². The van der Waals surface area contributed by atoms with Gasteiger partial charge in [-0.15, -0.1) is 0 Å². The lowest BCUT2D eigenvalue weighted by atomic mass is 10.1. The summed E-state index contributed by atoms with van der Waals surface area (Å²) in [5.74, 6) is 0.356. The summed E-state index contributed by atoms with van der Waals surface area (Å²) in [6, 6.07) is 9.23. The van der Waals surface area contributed by atoms with Crippen molar-refractivity contribution in [2.75, 3.05) is 12.5 Å². The molecular weight excluding hydrogens is 226 g/mol. The molecule has 0 spiro atoms. The van der Waals surface area contributed by atoms with Gasteiger partial charge in [0.25, 0.3) is 5.69 Å². The van der Waals surface area contributed by atoms with Gasteiger partial charge >= 0.3 is 5.82 Å². The number of nitrogens with zero attached hydrogens (tertiary/aromatic N) is 3. The van der Waals surface area contributed by atoms with Gasteiger partial charge in [-0.2, -0.15) is 4.36 Å². The van der Waals surface area contributed by atoms with Gasteiger partial charge in [-0.05, 0) is 17.4 Å². The van der Waals surface area contributed by atoms with Gasteiger partial charge in [0.15, 0.2) is 0 Å². The van der Waals surface area contributed by atoms with E-state index in [-0.39, 0.29) is 10.7 Å². The first kappa shape index (κ1) is 10.8. The fourth-order valence-electron chi connectivity index (χ4n) is 1.30. The quantitative estimate of drug-likeness (QED) is 0.746. The van der Waals surface area contributed by atoms with Crippen LogP contribution in [0, 0.1) is 5.21 Å². The van der Waals surface area contributed by atoms with Crippen LogP contribution in [-0.2, 0) is 10.7 Å². The highest BCUT2D eigenvalue weighted by molar-refractivity contribution is 7.85. The van der Waals surface area contributed by atoms with E-state index in [0.29, 0.717) is 16.4 Å². The summed E-state index contributed by atoms with van der Waals surface area (Å²) in [7, 11) is -0.187. The van der Waals surface area contributed by atoms with E-state index in [1.807, 2.05) is 42.8 Å². The highest BCUT2D eigenvalue weighted by atomic mass is 32.2. The van der Waals surface area contributed by atoms with Crippen molar-refractivity contribution in [3.63, 3.8) is 0 Å². The summed E-state index contributed by atoms with van der Waals surface area (Å²) < 4.78 is 8.83. The first-order valence-corrected chi connectivity index (χ1v) is 6.63. The lowest BCUT2D eigenvalue weighted by molar-refractivity contribution is -0.793. The zero-order valence-corrected chi connectivity index (χ0v) is 9.77. The summed E-state index contributed by atoms with van der Waals surface area (Å²) in [4.78, 5) is 0.390. The Kier molecular flexibility index (Phi) is 3.00. The van der Waals surface area contributed by atoms with E-state index in [4.69, 9.17) is 0 Å². The number of aromatic nitrogens is 2. The molecular formula is C10H11N3O2S. The van der Waals surface area contributed by atoms with Crippen molar-refractivity contribution in [3.8, 4) is 11.3 Å². The van der Waals surface area contributed by atoms with E-state index in [9.17, 15) is 5.21 Å². The minimum absolute atomic E-state index is 0.187. The molecule has 16 heavy (non-hydrogen) atoms. The molecule has 0 saturated heterocycles. The van der Waals surface area contributed by atoms with Crippen LogP contribution in [0.15, 0.2) is 39.3 Å². The van der Waals surface area contributed by atoms with E-state index in [1.165, 1.54) is 0 Å². The Morgan fingerprint density at radius 3 is 2.62 bits per heavy atom. The Balaban J connectivity index is 2.56. The molecule has 0 amide bonds. The molecule has 2 rings (SSSR count). The second kappa shape index (κ2) is 4.44. The molecule has 0 bridgehead atoms. The number of hydrogen-bond acceptors (Lipinski definition) is 4. The summed E-state index contributed by atoms with van der Waals surface area (Å²) in [6.07, 6.45) is 3.89. The van der Waals surface area contributed by atoms with Gasteiger partial charge in [-0.1, -0.05) is 41.0 Å². The number of hydrogen-bond donors (Lipinski definition) is 0. The lowest BCUT2D eigenvalue weighted by Crippen LogP contribution is -2.24. The number of rotatable bonds is 2. The summed E-state index contributed by atoms with van der Waals surface area (Å²) in [5, 5.41) is 15.1. The summed E-state index contributed by atoms with van der Waals surface area (Å²) in [6.45, 7) is 0. The molecule has 2 aromatic rings. The molecule has 0 N–H and O–H groups in total. The molecule has 0 aliphatic rings. The first-order chi connectivity index (χ1) is 7.68. The molecule has 0 saturated carbocycles. The summed E-state index contributed by atoms with van der Waals surface area (Å²) >= 11 is 0. The average molecular weight is 237 g/mol. The third-order valence-corrected chi connectivity index (χ3v) is 2.45. The third-order valence-electron chi connectivity index (χ3n) is 1.91. The monoisotopic (exact) mass is 237 g/mol. The van der Waals surface area contributed by atoms with Gasteiger partial charge < -0.3 is 5.21 Å². The van der Waals surface area contributed by atoms with Gasteiger partial charge in [0.05, 0.1) is 5.16 Å². The molecule has 6 heteroatoms. The maximum absolute atomic E-state index is 11.5. The summed E-state index contributed by atoms with van der Waals surface area (Å²) in [5.41, 5.74) is 1.12. The van der Waals surface area contributed by atoms with Gasteiger partial charge in [-0.25, -0.2) is 0 Å². The van der Waals surface area contributed by atoms with Crippen LogP contribution in [0.3, 0.4) is 0 Å². The zero-order valence-electron chi connectivity index (χ0n) is 8.95. The molecule has 0 aliphatic heterocycles. The zero-order chi connectivity index (χ0) is 11.5. The van der Waals surface area contributed by atoms with E-state index in [1.54, 1.807) is 0 Å². The molecule has 0 unspecified atom stereocenters. The van der Waals surface area contributed by atoms with Crippen molar-refractivity contribution in [2.24, 2.45) is 4.36 Å². The predicted molar refractivity (Wildman–Crippen MR) is 62.2 cm³/mol. The maximum Gasteiger partial charge on any atom is 0.347 e. The Bertz CT molecular complexity index is 518. The normalized spacial score (nSPS) is 10.7. The standard InChI is InChI=1S/C10H11N3O2S/c1-16(2)12-10-9(13(14)15-11-10)8-6-4-3-5-7-8/h3-7H,1-2H3. The highest BCUT2D eigenvalue weighted by Gasteiger charge is 2.20. The van der Waals surface area contributed by atoms with E-state index in [2.05, 4.69) is 14.1 Å². The van der Waals surface area contributed by atoms with Crippen molar-refractivity contribution < 1.29 is 9.53 Å². The van der Waals surface area contributed by atoms with Crippen LogP contribution >= 0.6 is 0 Å². The van der Waals surface area contributed by atoms with Crippen LogP contribution in [0.5, 0.6) is 0 Å². The molecule has 0 atom stereocenters. The lowest BCUT2D eigenvalue weighted by Gasteiger charge is -1.96. The number of benzene rings is 1. The molecule has 1 aromatic heterocycles. The van der Waals surface area contributed by atoms with Crippen LogP contribution in [0.25, 0.3) is 11.3 Å². The van der Waals surface area contributed by atoms with Crippen LogP contribution in [0.2, 0.25) is 0 Å². The molecule has 0 fully saturated rings. The van der Waals surface area contributed by atoms with E-state index >= 15 is 0 Å². The molecule has 1 heterocycles. The Hall–Kier alpha value is -1.69. The van der Waals surface area contributed by atoms with Gasteiger partial charge in [0.2, 0.25) is 0 Å². The second-order valence-electron chi connectivity index (χ2n) is 3.33. The van der Waals surface area contributed by atoms with Crippen molar-refractivity contribution in [1.29, 1.82) is 0 Å².